The monoisotopic (exact) mass is 425 g/mol. The van der Waals surface area contributed by atoms with Crippen LogP contribution in [0.2, 0.25) is 0 Å². The molecule has 7 nitrogen and oxygen atoms in total. The van der Waals surface area contributed by atoms with Gasteiger partial charge in [-0.3, -0.25) is 14.4 Å². The molecular formula is C24H31N3O4. The topological polar surface area (TPSA) is 101 Å². The smallest absolute Gasteiger partial charge is 0.265 e. The minimum absolute atomic E-state index is 0.0262. The van der Waals surface area contributed by atoms with Crippen LogP contribution in [-0.2, 0) is 16.0 Å². The van der Waals surface area contributed by atoms with Gasteiger partial charge in [0.2, 0.25) is 17.6 Å². The van der Waals surface area contributed by atoms with E-state index in [1.807, 2.05) is 30.3 Å². The zero-order valence-electron chi connectivity index (χ0n) is 18.0. The van der Waals surface area contributed by atoms with Gasteiger partial charge in [0, 0.05) is 6.92 Å². The Morgan fingerprint density at radius 3 is 2.45 bits per heavy atom. The molecule has 0 spiro atoms. The summed E-state index contributed by atoms with van der Waals surface area (Å²) < 4.78 is 5.17. The Kier molecular flexibility index (Phi) is 8.38. The minimum Gasteiger partial charge on any atom is -0.442 e. The average molecular weight is 426 g/mol. The Hall–Kier alpha value is -2.96. The maximum Gasteiger partial charge on any atom is 0.265 e. The molecule has 0 bridgehead atoms. The fourth-order valence-electron chi connectivity index (χ4n) is 4.22. The summed E-state index contributed by atoms with van der Waals surface area (Å²) in [4.78, 5) is 41.7. The van der Waals surface area contributed by atoms with Gasteiger partial charge in [-0.2, -0.15) is 0 Å². The van der Waals surface area contributed by atoms with Gasteiger partial charge in [0.05, 0.1) is 12.2 Å². The average Bonchev–Trinajstić information content (AvgIpc) is 3.31. The van der Waals surface area contributed by atoms with Crippen molar-refractivity contribution >= 4 is 17.6 Å². The lowest BCUT2D eigenvalue weighted by atomic mass is 9.84. The summed E-state index contributed by atoms with van der Waals surface area (Å²) in [6.45, 7) is 1.41. The third kappa shape index (κ3) is 7.05. The molecule has 7 heteroatoms. The van der Waals surface area contributed by atoms with Crippen LogP contribution in [0.1, 0.15) is 68.1 Å². The highest BCUT2D eigenvalue weighted by Crippen LogP contribution is 2.27. The van der Waals surface area contributed by atoms with Gasteiger partial charge in [0.1, 0.15) is 12.3 Å². The van der Waals surface area contributed by atoms with Crippen LogP contribution in [0.3, 0.4) is 0 Å². The van der Waals surface area contributed by atoms with E-state index in [4.69, 9.17) is 4.42 Å². The maximum absolute atomic E-state index is 13.1. The summed E-state index contributed by atoms with van der Waals surface area (Å²) in [7, 11) is 0. The second-order valence-electron chi connectivity index (χ2n) is 8.28. The lowest BCUT2D eigenvalue weighted by Crippen LogP contribution is -2.52. The van der Waals surface area contributed by atoms with E-state index >= 15 is 0 Å². The molecule has 0 aliphatic heterocycles. The SMILES string of the molecule is CC(=O)N[C@@H](CC1CCCCC1)C(=O)N[C@@H](CCc1ccccc1)C(=O)c1ncco1. The van der Waals surface area contributed by atoms with Crippen molar-refractivity contribution in [3.63, 3.8) is 0 Å². The highest BCUT2D eigenvalue weighted by Gasteiger charge is 2.30. The fraction of sp³-hybridized carbons (Fsp3) is 0.500. The number of Topliss-reactive ketones (excluding diaryl/α,β-unsaturated/α-hetero) is 1. The van der Waals surface area contributed by atoms with Crippen LogP contribution in [-0.4, -0.2) is 34.7 Å². The van der Waals surface area contributed by atoms with Gasteiger partial charge in [-0.25, -0.2) is 4.98 Å². The first-order chi connectivity index (χ1) is 15.0. The molecule has 31 heavy (non-hydrogen) atoms. The summed E-state index contributed by atoms with van der Waals surface area (Å²) in [6.07, 6.45) is 10.0. The number of hydrogen-bond donors (Lipinski definition) is 2. The zero-order chi connectivity index (χ0) is 22.1. The van der Waals surface area contributed by atoms with Crippen molar-refractivity contribution in [1.29, 1.82) is 0 Å². The number of rotatable bonds is 10. The Bertz CT molecular complexity index is 845. The summed E-state index contributed by atoms with van der Waals surface area (Å²) in [5.74, 6) is -0.577. The molecule has 1 saturated carbocycles. The third-order valence-electron chi connectivity index (χ3n) is 5.83. The molecule has 0 unspecified atom stereocenters. The van der Waals surface area contributed by atoms with Crippen LogP contribution >= 0.6 is 0 Å². The molecule has 1 aliphatic carbocycles. The molecule has 2 amide bonds. The second kappa shape index (κ2) is 11.4. The molecule has 1 aliphatic rings. The molecule has 0 radical (unpaired) electrons. The second-order valence-corrected chi connectivity index (χ2v) is 8.28. The molecule has 1 heterocycles. The first-order valence-electron chi connectivity index (χ1n) is 11.1. The van der Waals surface area contributed by atoms with Gasteiger partial charge < -0.3 is 15.1 Å². The quantitative estimate of drug-likeness (QED) is 0.568. The highest BCUT2D eigenvalue weighted by atomic mass is 16.3. The predicted molar refractivity (Wildman–Crippen MR) is 116 cm³/mol. The summed E-state index contributed by atoms with van der Waals surface area (Å²) in [6, 6.07) is 8.34. The van der Waals surface area contributed by atoms with Gasteiger partial charge in [-0.05, 0) is 30.7 Å². The molecule has 0 saturated heterocycles. The molecule has 3 rings (SSSR count). The first-order valence-corrected chi connectivity index (χ1v) is 11.1. The van der Waals surface area contributed by atoms with Crippen LogP contribution in [0.15, 0.2) is 47.2 Å². The number of carbonyl (C=O) groups is 3. The number of carbonyl (C=O) groups excluding carboxylic acids is 3. The molecule has 2 aromatic rings. The lowest BCUT2D eigenvalue weighted by Gasteiger charge is -2.27. The third-order valence-corrected chi connectivity index (χ3v) is 5.83. The van der Waals surface area contributed by atoms with Crippen molar-refractivity contribution in [2.45, 2.75) is 70.4 Å². The van der Waals surface area contributed by atoms with Crippen molar-refractivity contribution in [1.82, 2.24) is 15.6 Å². The minimum atomic E-state index is -0.783. The van der Waals surface area contributed by atoms with Gasteiger partial charge in [-0.15, -0.1) is 0 Å². The standard InChI is InChI=1S/C24H31N3O4/c1-17(28)26-21(16-19-10-6-3-7-11-19)23(30)27-20(22(29)24-25-14-15-31-24)13-12-18-8-4-2-5-9-18/h2,4-5,8-9,14-15,19-21H,3,6-7,10-13,16H2,1H3,(H,26,28)(H,27,30)/t20-,21-/m0/s1. The zero-order valence-corrected chi connectivity index (χ0v) is 18.0. The molecule has 2 N–H and O–H groups in total. The lowest BCUT2D eigenvalue weighted by molar-refractivity contribution is -0.129. The summed E-state index contributed by atoms with van der Waals surface area (Å²) >= 11 is 0. The Labute approximate surface area is 183 Å². The number of nitrogens with one attached hydrogen (secondary N) is 2. The molecule has 1 fully saturated rings. The van der Waals surface area contributed by atoms with Crippen molar-refractivity contribution in [3.8, 4) is 0 Å². The van der Waals surface area contributed by atoms with E-state index in [0.29, 0.717) is 25.2 Å². The van der Waals surface area contributed by atoms with E-state index in [0.717, 1.165) is 31.2 Å². The van der Waals surface area contributed by atoms with Crippen LogP contribution < -0.4 is 10.6 Å². The number of aryl methyl sites for hydroxylation is 1. The van der Waals surface area contributed by atoms with Gasteiger partial charge in [0.15, 0.2) is 0 Å². The Morgan fingerprint density at radius 2 is 1.81 bits per heavy atom. The van der Waals surface area contributed by atoms with E-state index in [9.17, 15) is 14.4 Å². The molecule has 1 aromatic carbocycles. The Balaban J connectivity index is 1.70. The van der Waals surface area contributed by atoms with E-state index in [2.05, 4.69) is 15.6 Å². The summed E-state index contributed by atoms with van der Waals surface area (Å²) in [5.41, 5.74) is 1.07. The van der Waals surface area contributed by atoms with Crippen molar-refractivity contribution in [2.75, 3.05) is 0 Å². The molecule has 2 atom stereocenters. The normalized spacial score (nSPS) is 16.3. The maximum atomic E-state index is 13.1. The van der Waals surface area contributed by atoms with Crippen molar-refractivity contribution in [2.24, 2.45) is 5.92 Å². The van der Waals surface area contributed by atoms with Crippen molar-refractivity contribution in [3.05, 3.63) is 54.2 Å². The number of hydrogen-bond acceptors (Lipinski definition) is 5. The Morgan fingerprint density at radius 1 is 1.06 bits per heavy atom. The molecule has 166 valence electrons. The number of benzene rings is 1. The van der Waals surface area contributed by atoms with Gasteiger partial charge >= 0.3 is 0 Å². The first kappa shape index (κ1) is 22.7. The van der Waals surface area contributed by atoms with E-state index in [-0.39, 0.29) is 23.5 Å². The van der Waals surface area contributed by atoms with Crippen molar-refractivity contribution < 1.29 is 18.8 Å². The number of nitrogens with zero attached hydrogens (tertiary/aromatic N) is 1. The van der Waals surface area contributed by atoms with Gasteiger partial charge in [-0.1, -0.05) is 62.4 Å². The van der Waals surface area contributed by atoms with Crippen LogP contribution in [0.25, 0.3) is 0 Å². The van der Waals surface area contributed by atoms with Crippen LogP contribution in [0, 0.1) is 5.92 Å². The number of amides is 2. The van der Waals surface area contributed by atoms with E-state index < -0.39 is 12.1 Å². The van der Waals surface area contributed by atoms with Crippen LogP contribution in [0.5, 0.6) is 0 Å². The number of aromatic nitrogens is 1. The highest BCUT2D eigenvalue weighted by molar-refractivity contribution is 5.99. The molecule has 1 aromatic heterocycles. The van der Waals surface area contributed by atoms with Crippen LogP contribution in [0.4, 0.5) is 0 Å². The predicted octanol–water partition coefficient (Wildman–Crippen LogP) is 3.45. The number of oxazole rings is 1. The summed E-state index contributed by atoms with van der Waals surface area (Å²) in [5, 5.41) is 5.65. The van der Waals surface area contributed by atoms with E-state index in [1.165, 1.54) is 25.8 Å². The largest absolute Gasteiger partial charge is 0.442 e. The molecular weight excluding hydrogens is 394 g/mol. The number of ketones is 1. The fourth-order valence-corrected chi connectivity index (χ4v) is 4.22. The van der Waals surface area contributed by atoms with Gasteiger partial charge in [0.25, 0.3) is 5.89 Å². The van der Waals surface area contributed by atoms with E-state index in [1.54, 1.807) is 0 Å².